The number of thiophene rings is 4. The maximum absolute atomic E-state index is 11.7. The number of β-amino-alcohol motifs (C(OH)–C–C–N with tert-alkyl or cyclic N) is 4. The Balaban J connectivity index is 0.000000184. The summed E-state index contributed by atoms with van der Waals surface area (Å²) in [6, 6.07) is 34.7. The number of carboxylic acids is 2. The van der Waals surface area contributed by atoms with Crippen molar-refractivity contribution in [2.75, 3.05) is 118 Å². The number of carboxylic acid groups (broad SMARTS) is 2. The highest BCUT2D eigenvalue weighted by Gasteiger charge is 2.28. The highest BCUT2D eigenvalue weighted by atomic mass is 35.5. The van der Waals surface area contributed by atoms with E-state index in [-0.39, 0.29) is 55.8 Å². The van der Waals surface area contributed by atoms with Gasteiger partial charge in [-0.15, -0.1) is 57.8 Å². The van der Waals surface area contributed by atoms with Gasteiger partial charge in [-0.2, -0.15) is 0 Å². The van der Waals surface area contributed by atoms with Crippen molar-refractivity contribution in [3.05, 3.63) is 153 Å². The van der Waals surface area contributed by atoms with Crippen molar-refractivity contribution in [3.63, 3.8) is 0 Å². The minimum absolute atomic E-state index is 0. The average Bonchev–Trinajstić information content (AvgIpc) is 2.03. The van der Waals surface area contributed by atoms with E-state index in [1.165, 1.54) is 62.6 Å². The lowest BCUT2D eigenvalue weighted by molar-refractivity contribution is -0.142. The molecular weight excluding hydrogens is 1240 g/mol. The number of carbonyl (C=O) groups excluding carboxylic acids is 1. The topological polar surface area (TPSA) is 231 Å². The lowest BCUT2D eigenvalue weighted by Crippen LogP contribution is -2.53. The molecule has 0 aliphatic carbocycles. The monoisotopic (exact) mass is 1340 g/mol. The van der Waals surface area contributed by atoms with Crippen LogP contribution in [-0.4, -0.2) is 206 Å². The molecule has 4 fully saturated rings. The first-order valence-electron chi connectivity index (χ1n) is 31.9. The minimum atomic E-state index is -2.28. The van der Waals surface area contributed by atoms with Gasteiger partial charge in [-0.3, -0.25) is 19.4 Å². The van der Waals surface area contributed by atoms with Crippen molar-refractivity contribution in [1.82, 2.24) is 20.0 Å². The molecule has 8 heterocycles. The summed E-state index contributed by atoms with van der Waals surface area (Å²) in [7, 11) is 0. The number of aliphatic carboxylic acids is 2. The summed E-state index contributed by atoms with van der Waals surface area (Å²) < 4.78 is 47.0. The number of fused-ring (bicyclic) bond motifs is 4. The van der Waals surface area contributed by atoms with Crippen molar-refractivity contribution < 1.29 is 68.1 Å². The van der Waals surface area contributed by atoms with Gasteiger partial charge >= 0.3 is 11.9 Å². The van der Waals surface area contributed by atoms with E-state index < -0.39 is 18.8 Å². The molecule has 1 amide bonds. The van der Waals surface area contributed by atoms with Gasteiger partial charge in [0.05, 0.1) is 76.9 Å². The third kappa shape index (κ3) is 27.5. The summed E-state index contributed by atoms with van der Waals surface area (Å²) >= 11 is 7.06. The number of likely N-dealkylation sites (tertiary alicyclic amines) is 3. The van der Waals surface area contributed by atoms with Crippen LogP contribution in [0.15, 0.2) is 131 Å². The van der Waals surface area contributed by atoms with E-state index in [2.05, 4.69) is 134 Å². The molecule has 4 aliphatic rings. The number of carbonyl (C=O) groups is 3. The number of rotatable bonds is 27. The Morgan fingerprint density at radius 3 is 1.13 bits per heavy atom. The van der Waals surface area contributed by atoms with E-state index in [0.29, 0.717) is 51.5 Å². The summed E-state index contributed by atoms with van der Waals surface area (Å²) in [5.41, 5.74) is 5.19. The molecule has 0 spiro atoms. The second kappa shape index (κ2) is 41.3. The van der Waals surface area contributed by atoms with Gasteiger partial charge in [0.1, 0.15) is 0 Å². The van der Waals surface area contributed by atoms with Crippen LogP contribution in [-0.2, 0) is 59.0 Å². The van der Waals surface area contributed by atoms with Gasteiger partial charge in [0.25, 0.3) is 0 Å². The third-order valence-corrected chi connectivity index (χ3v) is 18.3. The smallest absolute Gasteiger partial charge is 0.327 e. The first-order valence-corrected chi connectivity index (χ1v) is 33.9. The summed E-state index contributed by atoms with van der Waals surface area (Å²) in [6.07, 6.45) is 6.92. The zero-order chi connectivity index (χ0) is 65.5. The number of benzene rings is 4. The van der Waals surface area contributed by atoms with Crippen LogP contribution < -0.4 is 5.32 Å². The van der Waals surface area contributed by atoms with Crippen LogP contribution in [0.1, 0.15) is 58.9 Å². The normalized spacial score (nSPS) is 15.7. The van der Waals surface area contributed by atoms with Gasteiger partial charge < -0.3 is 59.8 Å². The van der Waals surface area contributed by atoms with Crippen molar-refractivity contribution >= 4 is 116 Å². The largest absolute Gasteiger partial charge is 0.481 e. The van der Waals surface area contributed by atoms with Gasteiger partial charge in [-0.1, -0.05) is 54.6 Å². The van der Waals surface area contributed by atoms with Crippen LogP contribution in [0.4, 0.5) is 0 Å². The van der Waals surface area contributed by atoms with Crippen LogP contribution in [0, 0.1) is 0 Å². The van der Waals surface area contributed by atoms with E-state index in [4.69, 9.17) is 43.5 Å². The van der Waals surface area contributed by atoms with Gasteiger partial charge in [-0.05, 0) is 159 Å². The average molecular weight is 1340 g/mol. The van der Waals surface area contributed by atoms with Crippen LogP contribution >= 0.6 is 57.8 Å². The number of ether oxygens (including phenoxy) is 4. The molecular formula is C68H89ClN4O13S4. The molecule has 0 saturated carbocycles. The Morgan fingerprint density at radius 1 is 0.500 bits per heavy atom. The maximum Gasteiger partial charge on any atom is 0.327 e. The highest BCUT2D eigenvalue weighted by molar-refractivity contribution is 7.18. The van der Waals surface area contributed by atoms with Crippen LogP contribution in [0.25, 0.3) is 40.3 Å². The molecule has 0 unspecified atom stereocenters. The van der Waals surface area contributed by atoms with Crippen LogP contribution in [0.3, 0.4) is 0 Å². The molecule has 12 rings (SSSR count). The fourth-order valence-electron chi connectivity index (χ4n) is 9.57. The van der Waals surface area contributed by atoms with Gasteiger partial charge in [0.15, 0.2) is 0 Å². The lowest BCUT2D eigenvalue weighted by Gasteiger charge is -2.35. The Kier molecular flexibility index (Phi) is 31.7. The number of halogens is 1. The molecule has 4 aromatic heterocycles. The highest BCUT2D eigenvalue weighted by Crippen LogP contribution is 2.25. The lowest BCUT2D eigenvalue weighted by atomic mass is 10.1. The van der Waals surface area contributed by atoms with E-state index in [9.17, 15) is 24.6 Å². The predicted octanol–water partition coefficient (Wildman–Crippen LogP) is 10.1. The van der Waals surface area contributed by atoms with E-state index in [1.54, 1.807) is 50.2 Å². The predicted molar refractivity (Wildman–Crippen MR) is 368 cm³/mol. The Bertz CT molecular complexity index is 3370. The van der Waals surface area contributed by atoms with Crippen molar-refractivity contribution in [3.8, 4) is 0 Å². The summed E-state index contributed by atoms with van der Waals surface area (Å²) in [5, 5.41) is 68.8. The summed E-state index contributed by atoms with van der Waals surface area (Å²) in [4.78, 5) is 37.8. The fourth-order valence-corrected chi connectivity index (χ4v) is 12.7. The van der Waals surface area contributed by atoms with E-state index in [0.717, 1.165) is 117 Å². The minimum Gasteiger partial charge on any atom is -0.481 e. The number of hydrogen-bond donors (Lipinski definition) is 7. The zero-order valence-electron chi connectivity index (χ0n) is 53.8. The van der Waals surface area contributed by atoms with Crippen LogP contribution in [0.2, 0.25) is 0 Å². The van der Waals surface area contributed by atoms with Crippen molar-refractivity contribution in [2.24, 2.45) is 0 Å². The van der Waals surface area contributed by atoms with Gasteiger partial charge in [-0.25, -0.2) is 4.79 Å². The Morgan fingerprint density at radius 2 is 0.844 bits per heavy atom. The SMILES string of the molecule is Cl.O=C(CCOCCc1ccc2sccc2c1)N1CC(O)C1.O=C(O)CCOCCc1ccc2sccc2c1.OC1CN(CCCOCCc2ccc3sccc3c2)C1.OC1CN(CCCOCCc2ccc3sccc3c2)C1.OC1CNC1.[2H]C([2H])([2H])/C=C/C(=O)O. The molecule has 0 atom stereocenters. The number of aliphatic hydroxyl groups excluding tert-OH is 4. The number of aliphatic hydroxyl groups is 4. The molecule has 8 aromatic rings. The van der Waals surface area contributed by atoms with Gasteiger partial charge in [0.2, 0.25) is 5.91 Å². The number of hydrogen-bond acceptors (Lipinski definition) is 18. The van der Waals surface area contributed by atoms with E-state index in [1.807, 2.05) is 0 Å². The Labute approximate surface area is 554 Å². The summed E-state index contributed by atoms with van der Waals surface area (Å²) in [6.45, 7) is 10.8. The number of allylic oxidation sites excluding steroid dienone is 1. The molecule has 90 heavy (non-hydrogen) atoms. The number of nitrogens with zero attached hydrogens (tertiary/aromatic N) is 3. The maximum atomic E-state index is 11.7. The number of nitrogens with one attached hydrogen (secondary N) is 1. The molecule has 4 aromatic carbocycles. The second-order valence-corrected chi connectivity index (χ2v) is 25.8. The van der Waals surface area contributed by atoms with E-state index >= 15 is 0 Å². The zero-order valence-corrected chi connectivity index (χ0v) is 54.9. The molecule has 22 heteroatoms. The quantitative estimate of drug-likeness (QED) is 0.0188. The molecule has 0 bridgehead atoms. The van der Waals surface area contributed by atoms with Crippen molar-refractivity contribution in [2.45, 2.75) is 82.6 Å². The molecule has 4 saturated heterocycles. The molecule has 4 aliphatic heterocycles. The molecule has 17 nitrogen and oxygen atoms in total. The first-order chi connectivity index (χ1) is 44.4. The fraction of sp³-hybridized carbons (Fsp3) is 0.456. The molecule has 490 valence electrons. The number of amides is 1. The molecule has 0 radical (unpaired) electrons. The summed E-state index contributed by atoms with van der Waals surface area (Å²) in [5.74, 6) is -1.99. The van der Waals surface area contributed by atoms with Gasteiger partial charge in [0, 0.05) is 108 Å². The second-order valence-electron chi connectivity index (χ2n) is 22.0. The standard InChI is InChI=1S/C16H19NO3S.2C16H21NO2S.C13H14O3S.C4H6O2.C3H7NO.ClH/c18-14-10-17(11-14)16(19)4-7-20-6-3-12-1-2-15-13(9-12)5-8-21-15;2*18-15-11-17(12-15)6-1-7-19-8-4-13-2-3-16-14(10-13)5-9-20-16;14-13(15)4-7-16-6-3-10-1-2-12-11(9-10)5-8-17-12;1-2-3-4(5)6;5-3-1-4-2-3;/h1-2,5,8-9,14,18H,3-4,6-7,10-11H2;2*2-3,5,9-10,15,18H,1,4,6-8,11-12H2;1-2,5,8-9H,3-4,6-7H2,(H,14,15);2-3H,1H3,(H,5,6);3-5H,1-2H2;1H/b;;;;3-2+;;/i;;;;1D3;;. The van der Waals surface area contributed by atoms with Crippen molar-refractivity contribution in [1.29, 1.82) is 0 Å². The first kappa shape index (κ1) is 69.1. The third-order valence-electron chi connectivity index (χ3n) is 14.7. The van der Waals surface area contributed by atoms with Crippen LogP contribution in [0.5, 0.6) is 0 Å². The molecule has 7 N–H and O–H groups in total. The Hall–Kier alpha value is -5.28.